The van der Waals surface area contributed by atoms with Crippen molar-refractivity contribution in [2.75, 3.05) is 19.6 Å². The molecule has 2 fully saturated rings. The summed E-state index contributed by atoms with van der Waals surface area (Å²) in [7, 11) is 0. The predicted molar refractivity (Wildman–Crippen MR) is 92.7 cm³/mol. The fourth-order valence-corrected chi connectivity index (χ4v) is 3.58. The topological polar surface area (TPSA) is 95.7 Å². The normalized spacial score (nSPS) is 23.8. The van der Waals surface area contributed by atoms with Crippen molar-refractivity contribution in [3.05, 3.63) is 35.4 Å². The summed E-state index contributed by atoms with van der Waals surface area (Å²) >= 11 is 0. The first-order chi connectivity index (χ1) is 12.0. The highest BCUT2D eigenvalue weighted by atomic mass is 16.2. The van der Waals surface area contributed by atoms with Crippen LogP contribution in [0.5, 0.6) is 0 Å². The van der Waals surface area contributed by atoms with Gasteiger partial charge in [0.15, 0.2) is 0 Å². The van der Waals surface area contributed by atoms with Crippen molar-refractivity contribution in [3.8, 4) is 0 Å². The van der Waals surface area contributed by atoms with Crippen molar-refractivity contribution in [1.82, 2.24) is 15.1 Å². The Labute approximate surface area is 147 Å². The smallest absolute Gasteiger partial charge is 0.324 e. The first-order valence-electron chi connectivity index (χ1n) is 8.69. The van der Waals surface area contributed by atoms with Crippen LogP contribution in [0.2, 0.25) is 0 Å². The first kappa shape index (κ1) is 17.4. The van der Waals surface area contributed by atoms with E-state index < -0.39 is 0 Å². The van der Waals surface area contributed by atoms with E-state index >= 15 is 0 Å². The molecule has 25 heavy (non-hydrogen) atoms. The summed E-state index contributed by atoms with van der Waals surface area (Å²) in [5, 5.41) is 2.49. The number of nitrogens with zero attached hydrogens (tertiary/aromatic N) is 2. The quantitative estimate of drug-likeness (QED) is 0.795. The summed E-state index contributed by atoms with van der Waals surface area (Å²) in [6, 6.07) is 6.78. The molecule has 2 heterocycles. The van der Waals surface area contributed by atoms with Gasteiger partial charge in [-0.05, 0) is 36.5 Å². The van der Waals surface area contributed by atoms with E-state index in [0.717, 1.165) is 24.9 Å². The third-order valence-corrected chi connectivity index (χ3v) is 5.10. The lowest BCUT2D eigenvalue weighted by Crippen LogP contribution is -2.51. The van der Waals surface area contributed by atoms with Crippen LogP contribution < -0.4 is 11.1 Å². The molecule has 0 unspecified atom stereocenters. The molecule has 2 atom stereocenters. The van der Waals surface area contributed by atoms with E-state index in [1.54, 1.807) is 24.3 Å². The number of piperidine rings is 1. The van der Waals surface area contributed by atoms with Crippen LogP contribution in [0.25, 0.3) is 0 Å². The lowest BCUT2D eigenvalue weighted by atomic mass is 9.90. The van der Waals surface area contributed by atoms with Crippen molar-refractivity contribution < 1.29 is 14.4 Å². The number of likely N-dealkylation sites (tertiary alicyclic amines) is 1. The van der Waals surface area contributed by atoms with Crippen LogP contribution in [0.4, 0.5) is 4.79 Å². The summed E-state index contributed by atoms with van der Waals surface area (Å²) in [4.78, 5) is 39.1. The number of nitrogens with one attached hydrogen (secondary N) is 1. The highest BCUT2D eigenvalue weighted by Crippen LogP contribution is 2.24. The number of carbonyl (C=O) groups excluding carboxylic acids is 3. The molecule has 3 N–H and O–H groups in total. The Bertz CT molecular complexity index is 657. The first-order valence-corrected chi connectivity index (χ1v) is 8.69. The Hall–Kier alpha value is -2.41. The molecule has 4 amide bonds. The second kappa shape index (κ2) is 7.23. The largest absolute Gasteiger partial charge is 0.334 e. The van der Waals surface area contributed by atoms with Gasteiger partial charge in [-0.2, -0.15) is 0 Å². The molecule has 7 nitrogen and oxygen atoms in total. The monoisotopic (exact) mass is 344 g/mol. The Balaban J connectivity index is 1.70. The van der Waals surface area contributed by atoms with Crippen LogP contribution in [0.3, 0.4) is 0 Å². The number of benzene rings is 1. The maximum atomic E-state index is 12.8. The minimum atomic E-state index is -0.377. The predicted octanol–water partition coefficient (Wildman–Crippen LogP) is 0.938. The molecule has 0 aliphatic carbocycles. The summed E-state index contributed by atoms with van der Waals surface area (Å²) in [5.74, 6) is 0.156. The molecule has 2 aliphatic rings. The maximum Gasteiger partial charge on any atom is 0.324 e. The molecular formula is C18H24N4O3. The molecule has 7 heteroatoms. The standard InChI is InChI=1S/C18H24N4O3/c1-12-3-2-8-21(15(12)9-19)17(24)14-6-4-13(5-7-14)11-22-16(23)10-20-18(22)25/h4-7,12,15H,2-3,8-11,19H2,1H3,(H,20,25)/t12-,15+/m0/s1. The van der Waals surface area contributed by atoms with Gasteiger partial charge in [-0.25, -0.2) is 4.79 Å². The average Bonchev–Trinajstić information content (AvgIpc) is 2.93. The van der Waals surface area contributed by atoms with Gasteiger partial charge in [-0.3, -0.25) is 14.5 Å². The van der Waals surface area contributed by atoms with Crippen molar-refractivity contribution in [2.45, 2.75) is 32.4 Å². The zero-order valence-corrected chi connectivity index (χ0v) is 14.4. The van der Waals surface area contributed by atoms with Crippen LogP contribution in [-0.2, 0) is 11.3 Å². The lowest BCUT2D eigenvalue weighted by molar-refractivity contribution is -0.125. The zero-order valence-electron chi connectivity index (χ0n) is 14.4. The fourth-order valence-electron chi connectivity index (χ4n) is 3.58. The second-order valence-corrected chi connectivity index (χ2v) is 6.76. The summed E-state index contributed by atoms with van der Waals surface area (Å²) in [5.41, 5.74) is 7.29. The van der Waals surface area contributed by atoms with Gasteiger partial charge >= 0.3 is 6.03 Å². The van der Waals surface area contributed by atoms with Crippen molar-refractivity contribution in [1.29, 1.82) is 0 Å². The zero-order chi connectivity index (χ0) is 18.0. The Kier molecular flexibility index (Phi) is 5.03. The molecule has 0 aromatic heterocycles. The molecule has 1 aromatic carbocycles. The molecule has 0 spiro atoms. The van der Waals surface area contributed by atoms with E-state index in [1.807, 2.05) is 4.90 Å². The summed E-state index contributed by atoms with van der Waals surface area (Å²) < 4.78 is 0. The number of hydrogen-bond acceptors (Lipinski definition) is 4. The molecule has 134 valence electrons. The van der Waals surface area contributed by atoms with Crippen LogP contribution in [-0.4, -0.2) is 53.3 Å². The van der Waals surface area contributed by atoms with Gasteiger partial charge in [-0.1, -0.05) is 19.1 Å². The molecule has 0 bridgehead atoms. The number of amides is 4. The van der Waals surface area contributed by atoms with Crippen molar-refractivity contribution in [3.63, 3.8) is 0 Å². The summed E-state index contributed by atoms with van der Waals surface area (Å²) in [6.45, 7) is 3.60. The third kappa shape index (κ3) is 3.51. The van der Waals surface area contributed by atoms with Crippen LogP contribution in [0, 0.1) is 5.92 Å². The van der Waals surface area contributed by atoms with E-state index in [9.17, 15) is 14.4 Å². The molecule has 0 saturated carbocycles. The number of urea groups is 1. The molecular weight excluding hydrogens is 320 g/mol. The van der Waals surface area contributed by atoms with Gasteiger partial charge in [0.2, 0.25) is 5.91 Å². The Morgan fingerprint density at radius 3 is 2.60 bits per heavy atom. The molecule has 0 radical (unpaired) electrons. The van der Waals surface area contributed by atoms with Gasteiger partial charge in [-0.15, -0.1) is 0 Å². The number of rotatable bonds is 4. The molecule has 1 aromatic rings. The lowest BCUT2D eigenvalue weighted by Gasteiger charge is -2.39. The highest BCUT2D eigenvalue weighted by molar-refractivity contribution is 6.01. The minimum absolute atomic E-state index is 0.0106. The van der Waals surface area contributed by atoms with E-state index in [2.05, 4.69) is 12.2 Å². The maximum absolute atomic E-state index is 12.8. The van der Waals surface area contributed by atoms with Crippen LogP contribution in [0.1, 0.15) is 35.7 Å². The van der Waals surface area contributed by atoms with Crippen LogP contribution in [0.15, 0.2) is 24.3 Å². The second-order valence-electron chi connectivity index (χ2n) is 6.76. The van der Waals surface area contributed by atoms with Crippen LogP contribution >= 0.6 is 0 Å². The third-order valence-electron chi connectivity index (χ3n) is 5.10. The van der Waals surface area contributed by atoms with Gasteiger partial charge in [0, 0.05) is 24.7 Å². The fraction of sp³-hybridized carbons (Fsp3) is 0.500. The molecule has 2 saturated heterocycles. The van der Waals surface area contributed by atoms with E-state index in [-0.39, 0.29) is 37.0 Å². The van der Waals surface area contributed by atoms with E-state index in [1.165, 1.54) is 4.90 Å². The van der Waals surface area contributed by atoms with Gasteiger partial charge in [0.05, 0.1) is 13.1 Å². The molecule has 3 rings (SSSR count). The highest BCUT2D eigenvalue weighted by Gasteiger charge is 2.31. The van der Waals surface area contributed by atoms with E-state index in [0.29, 0.717) is 18.0 Å². The SMILES string of the molecule is C[C@H]1CCCN(C(=O)c2ccc(CN3C(=O)CNC3=O)cc2)[C@@H]1CN. The van der Waals surface area contributed by atoms with Gasteiger partial charge in [0.25, 0.3) is 5.91 Å². The number of nitrogens with two attached hydrogens (primary N) is 1. The number of imide groups is 1. The Morgan fingerprint density at radius 1 is 1.28 bits per heavy atom. The Morgan fingerprint density at radius 2 is 2.00 bits per heavy atom. The van der Waals surface area contributed by atoms with Gasteiger partial charge in [0.1, 0.15) is 0 Å². The molecule has 2 aliphatic heterocycles. The summed E-state index contributed by atoms with van der Waals surface area (Å²) in [6.07, 6.45) is 2.09. The number of carbonyl (C=O) groups is 3. The van der Waals surface area contributed by atoms with Gasteiger partial charge < -0.3 is 16.0 Å². The van der Waals surface area contributed by atoms with Crippen molar-refractivity contribution >= 4 is 17.8 Å². The minimum Gasteiger partial charge on any atom is -0.334 e. The van der Waals surface area contributed by atoms with Crippen molar-refractivity contribution in [2.24, 2.45) is 11.7 Å². The average molecular weight is 344 g/mol. The van der Waals surface area contributed by atoms with E-state index in [4.69, 9.17) is 5.73 Å². The number of hydrogen-bond donors (Lipinski definition) is 2.